The molecule has 0 aliphatic heterocycles. The normalized spacial score (nSPS) is 11.5. The van der Waals surface area contributed by atoms with E-state index in [1.54, 1.807) is 14.0 Å². The lowest BCUT2D eigenvalue weighted by Gasteiger charge is -2.13. The second-order valence-electron chi connectivity index (χ2n) is 5.71. The minimum Gasteiger partial charge on any atom is -0.318 e. The van der Waals surface area contributed by atoms with Crippen LogP contribution in [0, 0.1) is 6.92 Å². The van der Waals surface area contributed by atoms with E-state index in [-0.39, 0.29) is 27.7 Å². The number of benzene rings is 1. The van der Waals surface area contributed by atoms with E-state index in [1.807, 2.05) is 0 Å². The number of halogens is 4. The number of carbonyl (C=O) groups excluding carboxylic acids is 1. The lowest BCUT2D eigenvalue weighted by Crippen LogP contribution is -2.15. The number of anilines is 1. The Morgan fingerprint density at radius 3 is 2.59 bits per heavy atom. The summed E-state index contributed by atoms with van der Waals surface area (Å²) in [6.07, 6.45) is -1.74. The van der Waals surface area contributed by atoms with Gasteiger partial charge in [0, 0.05) is 24.4 Å². The van der Waals surface area contributed by atoms with Gasteiger partial charge in [0.05, 0.1) is 23.1 Å². The number of hydrogen-bond donors (Lipinski definition) is 1. The number of aromatic nitrogens is 4. The molecule has 0 saturated carbocycles. The molecule has 0 aliphatic carbocycles. The highest BCUT2D eigenvalue weighted by Crippen LogP contribution is 2.37. The number of alkyl halides is 3. The standard InChI is InChI=1S/C17H13ClF3N5O/c1-9-22-8-14(15(18)23-9)24-16(27)10-3-4-12(17(19,20)21)11(7-10)13-5-6-26(2)25-13/h3-8H,1-2H3,(H,24,27). The molecule has 10 heteroatoms. The maximum absolute atomic E-state index is 13.3. The van der Waals surface area contributed by atoms with Gasteiger partial charge in [-0.2, -0.15) is 18.3 Å². The molecule has 0 fully saturated rings. The topological polar surface area (TPSA) is 72.7 Å². The monoisotopic (exact) mass is 395 g/mol. The summed E-state index contributed by atoms with van der Waals surface area (Å²) in [4.78, 5) is 20.3. The number of rotatable bonds is 3. The Bertz CT molecular complexity index is 1020. The van der Waals surface area contributed by atoms with Crippen LogP contribution in [0.4, 0.5) is 18.9 Å². The Hall–Kier alpha value is -2.94. The third-order valence-electron chi connectivity index (χ3n) is 3.69. The van der Waals surface area contributed by atoms with Crippen molar-refractivity contribution >= 4 is 23.2 Å². The van der Waals surface area contributed by atoms with E-state index in [0.717, 1.165) is 18.2 Å². The molecule has 0 radical (unpaired) electrons. The van der Waals surface area contributed by atoms with Crippen LogP contribution in [0.15, 0.2) is 36.7 Å². The Morgan fingerprint density at radius 1 is 1.26 bits per heavy atom. The lowest BCUT2D eigenvalue weighted by atomic mass is 10.0. The molecule has 2 aromatic heterocycles. The second-order valence-corrected chi connectivity index (χ2v) is 6.07. The predicted octanol–water partition coefficient (Wildman–Crippen LogP) is 4.11. The first-order chi connectivity index (χ1) is 12.6. The van der Waals surface area contributed by atoms with Crippen LogP contribution in [0.2, 0.25) is 5.15 Å². The van der Waals surface area contributed by atoms with Crippen LogP contribution < -0.4 is 5.32 Å². The first kappa shape index (κ1) is 18.8. The number of nitrogens with one attached hydrogen (secondary N) is 1. The van der Waals surface area contributed by atoms with Gasteiger partial charge in [0.15, 0.2) is 5.15 Å². The Labute approximate surface area is 157 Å². The van der Waals surface area contributed by atoms with Gasteiger partial charge in [-0.25, -0.2) is 9.97 Å². The highest BCUT2D eigenvalue weighted by molar-refractivity contribution is 6.32. The van der Waals surface area contributed by atoms with Crippen LogP contribution >= 0.6 is 11.6 Å². The largest absolute Gasteiger partial charge is 0.417 e. The van der Waals surface area contributed by atoms with E-state index >= 15 is 0 Å². The smallest absolute Gasteiger partial charge is 0.318 e. The van der Waals surface area contributed by atoms with Crippen molar-refractivity contribution < 1.29 is 18.0 Å². The molecular formula is C17H13ClF3N5O. The molecule has 0 bridgehead atoms. The summed E-state index contributed by atoms with van der Waals surface area (Å²) in [5, 5.41) is 6.54. The Morgan fingerprint density at radius 2 is 2.00 bits per heavy atom. The molecule has 3 rings (SSSR count). The maximum Gasteiger partial charge on any atom is 0.417 e. The fourth-order valence-electron chi connectivity index (χ4n) is 2.42. The van der Waals surface area contributed by atoms with E-state index in [0.29, 0.717) is 5.82 Å². The van der Waals surface area contributed by atoms with Crippen molar-refractivity contribution in [2.24, 2.45) is 7.05 Å². The molecular weight excluding hydrogens is 383 g/mol. The summed E-state index contributed by atoms with van der Waals surface area (Å²) in [5.74, 6) is -0.222. The van der Waals surface area contributed by atoms with Crippen LogP contribution in [-0.4, -0.2) is 25.7 Å². The second kappa shape index (κ2) is 6.99. The van der Waals surface area contributed by atoms with Crippen molar-refractivity contribution in [2.75, 3.05) is 5.32 Å². The summed E-state index contributed by atoms with van der Waals surface area (Å²) in [6.45, 7) is 1.63. The molecule has 0 unspecified atom stereocenters. The first-order valence-corrected chi connectivity index (χ1v) is 8.04. The highest BCUT2D eigenvalue weighted by Gasteiger charge is 2.34. The average Bonchev–Trinajstić information content (AvgIpc) is 3.02. The predicted molar refractivity (Wildman–Crippen MR) is 93.4 cm³/mol. The maximum atomic E-state index is 13.3. The van der Waals surface area contributed by atoms with Crippen molar-refractivity contribution in [3.05, 3.63) is 58.8 Å². The van der Waals surface area contributed by atoms with Gasteiger partial charge in [-0.15, -0.1) is 0 Å². The van der Waals surface area contributed by atoms with Gasteiger partial charge in [-0.3, -0.25) is 9.48 Å². The van der Waals surface area contributed by atoms with Gasteiger partial charge in [-0.1, -0.05) is 11.6 Å². The zero-order chi connectivity index (χ0) is 19.8. The van der Waals surface area contributed by atoms with Crippen LogP contribution in [0.5, 0.6) is 0 Å². The molecule has 1 aromatic carbocycles. The van der Waals surface area contributed by atoms with Crippen LogP contribution in [-0.2, 0) is 13.2 Å². The van der Waals surface area contributed by atoms with E-state index in [4.69, 9.17) is 11.6 Å². The summed E-state index contributed by atoms with van der Waals surface area (Å²) in [7, 11) is 1.59. The Kier molecular flexibility index (Phi) is 4.88. The molecule has 2 heterocycles. The van der Waals surface area contributed by atoms with Gasteiger partial charge in [-0.05, 0) is 31.2 Å². The van der Waals surface area contributed by atoms with Crippen molar-refractivity contribution in [1.29, 1.82) is 0 Å². The van der Waals surface area contributed by atoms with E-state index < -0.39 is 17.6 Å². The van der Waals surface area contributed by atoms with Crippen molar-refractivity contribution in [1.82, 2.24) is 19.7 Å². The van der Waals surface area contributed by atoms with Crippen molar-refractivity contribution in [3.8, 4) is 11.3 Å². The number of nitrogens with zero attached hydrogens (tertiary/aromatic N) is 4. The summed E-state index contributed by atoms with van der Waals surface area (Å²) in [5.41, 5.74) is -0.792. The minimum atomic E-state index is -4.59. The highest BCUT2D eigenvalue weighted by atomic mass is 35.5. The van der Waals surface area contributed by atoms with Gasteiger partial charge in [0.1, 0.15) is 5.82 Å². The quantitative estimate of drug-likeness (QED) is 0.677. The van der Waals surface area contributed by atoms with Gasteiger partial charge in [0.2, 0.25) is 0 Å². The summed E-state index contributed by atoms with van der Waals surface area (Å²) in [6, 6.07) is 4.53. The van der Waals surface area contributed by atoms with Crippen molar-refractivity contribution in [2.45, 2.75) is 13.1 Å². The average molecular weight is 396 g/mol. The fourth-order valence-corrected chi connectivity index (χ4v) is 2.64. The zero-order valence-corrected chi connectivity index (χ0v) is 14.9. The molecule has 1 N–H and O–H groups in total. The summed E-state index contributed by atoms with van der Waals surface area (Å²) >= 11 is 5.95. The SMILES string of the molecule is Cc1ncc(NC(=O)c2ccc(C(F)(F)F)c(-c3ccn(C)n3)c2)c(Cl)n1. The van der Waals surface area contributed by atoms with Gasteiger partial charge >= 0.3 is 6.18 Å². The molecule has 0 aliphatic rings. The van der Waals surface area contributed by atoms with E-state index in [2.05, 4.69) is 20.4 Å². The van der Waals surface area contributed by atoms with Crippen LogP contribution in [0.25, 0.3) is 11.3 Å². The minimum absolute atomic E-state index is 0.0142. The Balaban J connectivity index is 2.00. The summed E-state index contributed by atoms with van der Waals surface area (Å²) < 4.78 is 41.4. The zero-order valence-electron chi connectivity index (χ0n) is 14.2. The van der Waals surface area contributed by atoms with Gasteiger partial charge < -0.3 is 5.32 Å². The molecule has 0 spiro atoms. The number of hydrogen-bond acceptors (Lipinski definition) is 4. The van der Waals surface area contributed by atoms with Crippen molar-refractivity contribution in [3.63, 3.8) is 0 Å². The molecule has 6 nitrogen and oxygen atoms in total. The van der Waals surface area contributed by atoms with Gasteiger partial charge in [0.25, 0.3) is 5.91 Å². The third-order valence-corrected chi connectivity index (χ3v) is 3.98. The number of aryl methyl sites for hydroxylation is 2. The molecule has 0 atom stereocenters. The lowest BCUT2D eigenvalue weighted by molar-refractivity contribution is -0.137. The number of amides is 1. The fraction of sp³-hybridized carbons (Fsp3) is 0.176. The molecule has 3 aromatic rings. The molecule has 27 heavy (non-hydrogen) atoms. The molecule has 0 saturated heterocycles. The third kappa shape index (κ3) is 4.08. The van der Waals surface area contributed by atoms with Crippen LogP contribution in [0.3, 0.4) is 0 Å². The van der Waals surface area contributed by atoms with E-state index in [1.165, 1.54) is 23.1 Å². The van der Waals surface area contributed by atoms with E-state index in [9.17, 15) is 18.0 Å². The first-order valence-electron chi connectivity index (χ1n) is 7.67. The van der Waals surface area contributed by atoms with Crippen LogP contribution in [0.1, 0.15) is 21.7 Å². The molecule has 140 valence electrons. The molecule has 1 amide bonds. The number of carbonyl (C=O) groups is 1.